The Balaban J connectivity index is 1.52. The molecular formula is C39H58N8O7. The normalized spacial score (nSPS) is 15.1. The van der Waals surface area contributed by atoms with Crippen molar-refractivity contribution in [1.82, 2.24) is 41.1 Å². The molecular weight excluding hydrogens is 692 g/mol. The van der Waals surface area contributed by atoms with Crippen molar-refractivity contribution in [2.75, 3.05) is 26.2 Å². The van der Waals surface area contributed by atoms with Crippen LogP contribution < -0.4 is 21.3 Å². The fraction of sp³-hybridized carbons (Fsp3) is 0.564. The van der Waals surface area contributed by atoms with E-state index >= 15 is 0 Å². The van der Waals surface area contributed by atoms with E-state index in [2.05, 4.69) is 31.1 Å². The summed E-state index contributed by atoms with van der Waals surface area (Å²) in [5.74, 6) is -1.29. The minimum Gasteiger partial charge on any atom is -0.354 e. The molecule has 15 nitrogen and oxygen atoms in total. The summed E-state index contributed by atoms with van der Waals surface area (Å²) in [6.45, 7) is 5.75. The predicted molar refractivity (Wildman–Crippen MR) is 203 cm³/mol. The average molecular weight is 751 g/mol. The van der Waals surface area contributed by atoms with Gasteiger partial charge >= 0.3 is 6.03 Å². The number of benzene rings is 1. The SMILES string of the molecule is CC(C)CC(NC(=O)N1CCCCCC1)C(=O)NC(Cc1cn(C)c2ccccc12)C(=O)N[C@H](Cc1ccccn1)C(=O)NCCCCCCON(O)O. The molecule has 2 aromatic heterocycles. The molecule has 1 aliphatic rings. The van der Waals surface area contributed by atoms with Gasteiger partial charge in [0.15, 0.2) is 0 Å². The lowest BCUT2D eigenvalue weighted by molar-refractivity contribution is -0.492. The largest absolute Gasteiger partial charge is 0.354 e. The van der Waals surface area contributed by atoms with Gasteiger partial charge in [-0.1, -0.05) is 63.8 Å². The van der Waals surface area contributed by atoms with E-state index in [-0.39, 0.29) is 42.7 Å². The zero-order chi connectivity index (χ0) is 38.9. The van der Waals surface area contributed by atoms with Gasteiger partial charge in [-0.25, -0.2) is 4.79 Å². The minimum atomic E-state index is -1.07. The number of amides is 5. The molecule has 4 rings (SSSR count). The number of carbonyl (C=O) groups is 4. The molecule has 3 aromatic rings. The number of likely N-dealkylation sites (tertiary alicyclic amines) is 1. The molecule has 0 aliphatic carbocycles. The van der Waals surface area contributed by atoms with Crippen LogP contribution in [0.1, 0.15) is 82.9 Å². The monoisotopic (exact) mass is 750 g/mol. The number of urea groups is 1. The molecule has 0 bridgehead atoms. The molecule has 296 valence electrons. The Kier molecular flexibility index (Phi) is 17.2. The Morgan fingerprint density at radius 2 is 1.48 bits per heavy atom. The summed E-state index contributed by atoms with van der Waals surface area (Å²) in [6.07, 6.45) is 11.0. The summed E-state index contributed by atoms with van der Waals surface area (Å²) < 4.78 is 1.97. The maximum Gasteiger partial charge on any atom is 0.318 e. The fourth-order valence-corrected chi connectivity index (χ4v) is 6.78. The third-order valence-corrected chi connectivity index (χ3v) is 9.60. The second-order valence-corrected chi connectivity index (χ2v) is 14.5. The zero-order valence-electron chi connectivity index (χ0n) is 31.8. The highest BCUT2D eigenvalue weighted by atomic mass is 17.1. The van der Waals surface area contributed by atoms with E-state index in [0.717, 1.165) is 55.0 Å². The standard InChI is InChI=1S/C39H58N8O7/c1-28(2)24-32(44-39(51)46-21-13-5-6-14-22-46)37(49)42-33(25-29-27-45(3)35-18-9-8-17-31(29)35)38(50)43-34(26-30-16-10-12-19-40-30)36(48)41-20-11-4-7-15-23-54-47(52)53/h8-10,12,16-19,27-28,32-34,52-53H,4-7,11,13-15,20-26H2,1-3H3,(H,41,48)(H,42,49)(H,43,50)(H,44,51)/t32?,33?,34-/m1/s1. The summed E-state index contributed by atoms with van der Waals surface area (Å²) in [6, 6.07) is 10.0. The Hall–Kier alpha value is -4.57. The molecule has 5 amide bonds. The van der Waals surface area contributed by atoms with Crippen molar-refractivity contribution in [1.29, 1.82) is 0 Å². The highest BCUT2D eigenvalue weighted by Gasteiger charge is 2.32. The molecule has 2 unspecified atom stereocenters. The van der Waals surface area contributed by atoms with Crippen LogP contribution in [-0.4, -0.2) is 98.4 Å². The van der Waals surface area contributed by atoms with Gasteiger partial charge in [0.2, 0.25) is 17.7 Å². The first-order valence-electron chi connectivity index (χ1n) is 19.2. The van der Waals surface area contributed by atoms with Crippen LogP contribution in [-0.2, 0) is 39.1 Å². The fourth-order valence-electron chi connectivity index (χ4n) is 6.78. The maximum absolute atomic E-state index is 14.3. The van der Waals surface area contributed by atoms with E-state index in [9.17, 15) is 19.2 Å². The molecule has 0 saturated carbocycles. The van der Waals surface area contributed by atoms with Crippen molar-refractivity contribution >= 4 is 34.7 Å². The van der Waals surface area contributed by atoms with Gasteiger partial charge in [-0.15, -0.1) is 0 Å². The Bertz CT molecular complexity index is 1630. The van der Waals surface area contributed by atoms with Gasteiger partial charge in [-0.2, -0.15) is 0 Å². The number of carbonyl (C=O) groups excluding carboxylic acids is 4. The van der Waals surface area contributed by atoms with Crippen molar-refractivity contribution < 1.29 is 34.4 Å². The molecule has 15 heteroatoms. The van der Waals surface area contributed by atoms with E-state index < -0.39 is 29.9 Å². The lowest BCUT2D eigenvalue weighted by Crippen LogP contribution is -2.58. The number of fused-ring (bicyclic) bond motifs is 1. The molecule has 54 heavy (non-hydrogen) atoms. The van der Waals surface area contributed by atoms with Gasteiger partial charge in [0.25, 0.3) is 0 Å². The van der Waals surface area contributed by atoms with E-state index in [0.29, 0.717) is 44.6 Å². The average Bonchev–Trinajstić information content (AvgIpc) is 3.28. The van der Waals surface area contributed by atoms with Gasteiger partial charge in [-0.05, 0) is 61.8 Å². The highest BCUT2D eigenvalue weighted by molar-refractivity contribution is 5.95. The minimum absolute atomic E-state index is 0.0850. The van der Waals surface area contributed by atoms with Crippen LogP contribution in [0.2, 0.25) is 0 Å². The summed E-state index contributed by atoms with van der Waals surface area (Å²) in [5.41, 5.74) is 2.44. The van der Waals surface area contributed by atoms with Crippen molar-refractivity contribution in [3.63, 3.8) is 0 Å². The number of aryl methyl sites for hydroxylation is 1. The number of unbranched alkanes of at least 4 members (excludes halogenated alkanes) is 3. The zero-order valence-corrected chi connectivity index (χ0v) is 31.8. The first-order valence-corrected chi connectivity index (χ1v) is 19.2. The molecule has 6 N–H and O–H groups in total. The van der Waals surface area contributed by atoms with Gasteiger partial charge in [-0.3, -0.25) is 34.6 Å². The lowest BCUT2D eigenvalue weighted by atomic mass is 10.0. The van der Waals surface area contributed by atoms with E-state index in [1.54, 1.807) is 23.2 Å². The van der Waals surface area contributed by atoms with E-state index in [4.69, 9.17) is 10.4 Å². The Morgan fingerprint density at radius 1 is 0.815 bits per heavy atom. The summed E-state index contributed by atoms with van der Waals surface area (Å²) in [4.78, 5) is 66.1. The van der Waals surface area contributed by atoms with E-state index in [1.165, 1.54) is 0 Å². The van der Waals surface area contributed by atoms with Gasteiger partial charge < -0.3 is 30.7 Å². The van der Waals surface area contributed by atoms with Crippen LogP contribution in [0.25, 0.3) is 10.9 Å². The molecule has 1 aliphatic heterocycles. The van der Waals surface area contributed by atoms with Gasteiger partial charge in [0.1, 0.15) is 18.1 Å². The Morgan fingerprint density at radius 3 is 2.17 bits per heavy atom. The van der Waals surface area contributed by atoms with Crippen LogP contribution in [0, 0.1) is 5.92 Å². The molecule has 1 fully saturated rings. The van der Waals surface area contributed by atoms with Crippen LogP contribution >= 0.6 is 0 Å². The summed E-state index contributed by atoms with van der Waals surface area (Å²) in [7, 11) is 1.93. The van der Waals surface area contributed by atoms with Crippen molar-refractivity contribution in [3.8, 4) is 0 Å². The lowest BCUT2D eigenvalue weighted by Gasteiger charge is -2.28. The number of pyridine rings is 1. The van der Waals surface area contributed by atoms with Crippen LogP contribution in [0.4, 0.5) is 4.79 Å². The first-order chi connectivity index (χ1) is 26.0. The van der Waals surface area contributed by atoms with Crippen molar-refractivity contribution in [2.24, 2.45) is 13.0 Å². The second kappa shape index (κ2) is 22.0. The van der Waals surface area contributed by atoms with Gasteiger partial charge in [0, 0.05) is 68.5 Å². The number of nitrogens with one attached hydrogen (secondary N) is 4. The quantitative estimate of drug-likeness (QED) is 0.0732. The summed E-state index contributed by atoms with van der Waals surface area (Å²) in [5, 5.41) is 29.7. The number of nitrogens with zero attached hydrogens (tertiary/aromatic N) is 4. The van der Waals surface area contributed by atoms with Crippen LogP contribution in [0.3, 0.4) is 0 Å². The molecule has 0 radical (unpaired) electrons. The van der Waals surface area contributed by atoms with Crippen LogP contribution in [0.15, 0.2) is 54.9 Å². The van der Waals surface area contributed by atoms with Gasteiger partial charge in [0.05, 0.1) is 12.0 Å². The first kappa shape index (κ1) is 42.2. The number of para-hydroxylation sites is 1. The van der Waals surface area contributed by atoms with Crippen LogP contribution in [0.5, 0.6) is 0 Å². The maximum atomic E-state index is 14.3. The molecule has 1 saturated heterocycles. The van der Waals surface area contributed by atoms with E-state index in [1.807, 2.05) is 62.0 Å². The third kappa shape index (κ3) is 13.7. The second-order valence-electron chi connectivity index (χ2n) is 14.5. The molecule has 1 aromatic carbocycles. The topological polar surface area (TPSA) is 190 Å². The molecule has 3 atom stereocenters. The predicted octanol–water partition coefficient (Wildman–Crippen LogP) is 4.02. The smallest absolute Gasteiger partial charge is 0.318 e. The van der Waals surface area contributed by atoms with Crippen molar-refractivity contribution in [3.05, 3.63) is 66.1 Å². The van der Waals surface area contributed by atoms with Crippen molar-refractivity contribution in [2.45, 2.75) is 103 Å². The molecule has 3 heterocycles. The third-order valence-electron chi connectivity index (χ3n) is 9.60. The number of rotatable bonds is 20. The number of hydrogen-bond donors (Lipinski definition) is 6. The number of aromatic nitrogens is 2. The number of hydrogen-bond acceptors (Lipinski definition) is 9. The highest BCUT2D eigenvalue weighted by Crippen LogP contribution is 2.22. The molecule has 0 spiro atoms. The Labute approximate surface area is 317 Å². The summed E-state index contributed by atoms with van der Waals surface area (Å²) >= 11 is 0.